The van der Waals surface area contributed by atoms with Crippen LogP contribution in [0.25, 0.3) is 0 Å². The highest BCUT2D eigenvalue weighted by atomic mass is 32.1. The number of nitrogens with zero attached hydrogens (tertiary/aromatic N) is 3. The smallest absolute Gasteiger partial charge is 0.267 e. The van der Waals surface area contributed by atoms with Crippen molar-refractivity contribution in [3.63, 3.8) is 0 Å². The van der Waals surface area contributed by atoms with Gasteiger partial charge >= 0.3 is 0 Å². The predicted molar refractivity (Wildman–Crippen MR) is 54.5 cm³/mol. The van der Waals surface area contributed by atoms with E-state index in [2.05, 4.69) is 10.1 Å². The lowest BCUT2D eigenvalue weighted by Crippen LogP contribution is -2.21. The van der Waals surface area contributed by atoms with Crippen molar-refractivity contribution in [2.45, 2.75) is 13.5 Å². The highest BCUT2D eigenvalue weighted by molar-refractivity contribution is 7.11. The largest absolute Gasteiger partial charge is 0.268 e. The van der Waals surface area contributed by atoms with Crippen LogP contribution in [0.2, 0.25) is 0 Å². The Balaban J connectivity index is 2.27. The molecule has 0 saturated carbocycles. The van der Waals surface area contributed by atoms with Crippen molar-refractivity contribution in [2.24, 2.45) is 0 Å². The third-order valence-corrected chi connectivity index (χ3v) is 2.66. The van der Waals surface area contributed by atoms with Crippen LogP contribution in [-0.2, 0) is 6.54 Å². The second-order valence-corrected chi connectivity index (χ2v) is 4.18. The van der Waals surface area contributed by atoms with Crippen molar-refractivity contribution < 1.29 is 0 Å². The maximum atomic E-state index is 11.3. The Hall–Kier alpha value is -1.49. The van der Waals surface area contributed by atoms with Gasteiger partial charge in [0.05, 0.1) is 11.6 Å². The minimum absolute atomic E-state index is 0.0847. The average Bonchev–Trinajstić information content (AvgIpc) is 2.56. The van der Waals surface area contributed by atoms with E-state index in [1.807, 2.05) is 6.92 Å². The van der Waals surface area contributed by atoms with E-state index in [0.29, 0.717) is 6.54 Å². The van der Waals surface area contributed by atoms with E-state index in [4.69, 9.17) is 0 Å². The molecule has 14 heavy (non-hydrogen) atoms. The van der Waals surface area contributed by atoms with Gasteiger partial charge in [-0.1, -0.05) is 0 Å². The third-order valence-electron chi connectivity index (χ3n) is 1.76. The molecule has 0 aromatic carbocycles. The van der Waals surface area contributed by atoms with Crippen molar-refractivity contribution in [3.8, 4) is 0 Å². The zero-order valence-corrected chi connectivity index (χ0v) is 8.49. The Kier molecular flexibility index (Phi) is 2.41. The molecule has 0 saturated heterocycles. The van der Waals surface area contributed by atoms with Gasteiger partial charge in [-0.05, 0) is 13.0 Å². The predicted octanol–water partition coefficient (Wildman–Crippen LogP) is 1.06. The van der Waals surface area contributed by atoms with Crippen molar-refractivity contribution in [3.05, 3.63) is 44.8 Å². The van der Waals surface area contributed by atoms with E-state index in [9.17, 15) is 4.79 Å². The number of aromatic nitrogens is 3. The zero-order chi connectivity index (χ0) is 9.97. The Morgan fingerprint density at radius 3 is 3.07 bits per heavy atom. The molecule has 4 nitrogen and oxygen atoms in total. The van der Waals surface area contributed by atoms with Crippen LogP contribution in [0, 0.1) is 6.92 Å². The van der Waals surface area contributed by atoms with Crippen molar-refractivity contribution >= 4 is 11.3 Å². The summed E-state index contributed by atoms with van der Waals surface area (Å²) in [6.07, 6.45) is 3.39. The first-order chi connectivity index (χ1) is 6.75. The molecule has 0 aliphatic heterocycles. The molecule has 0 spiro atoms. The second-order valence-electron chi connectivity index (χ2n) is 2.87. The van der Waals surface area contributed by atoms with E-state index in [-0.39, 0.29) is 5.56 Å². The van der Waals surface area contributed by atoms with Gasteiger partial charge in [-0.25, -0.2) is 9.67 Å². The standard InChI is InChI=1S/C9H9N3OS/c1-7-10-5-8(14-7)6-12-9(13)3-2-4-11-12/h2-5H,6H2,1H3. The van der Waals surface area contributed by atoms with Gasteiger partial charge in [-0.15, -0.1) is 11.3 Å². The molecule has 2 aromatic heterocycles. The minimum atomic E-state index is -0.0847. The topological polar surface area (TPSA) is 47.8 Å². The zero-order valence-electron chi connectivity index (χ0n) is 7.67. The summed E-state index contributed by atoms with van der Waals surface area (Å²) < 4.78 is 1.42. The number of aryl methyl sites for hydroxylation is 1. The molecule has 0 aliphatic rings. The molecule has 0 atom stereocenters. The Morgan fingerprint density at radius 2 is 2.43 bits per heavy atom. The van der Waals surface area contributed by atoms with Crippen molar-refractivity contribution in [1.29, 1.82) is 0 Å². The van der Waals surface area contributed by atoms with Crippen LogP contribution >= 0.6 is 11.3 Å². The summed E-state index contributed by atoms with van der Waals surface area (Å²) in [7, 11) is 0. The fourth-order valence-electron chi connectivity index (χ4n) is 1.13. The van der Waals surface area contributed by atoms with Crippen molar-refractivity contribution in [2.75, 3.05) is 0 Å². The van der Waals surface area contributed by atoms with Gasteiger partial charge in [-0.2, -0.15) is 5.10 Å². The van der Waals surface area contributed by atoms with Gasteiger partial charge in [0.15, 0.2) is 0 Å². The first kappa shape index (κ1) is 9.08. The fraction of sp³-hybridized carbons (Fsp3) is 0.222. The summed E-state index contributed by atoms with van der Waals surface area (Å²) in [5, 5.41) is 4.97. The SMILES string of the molecule is Cc1ncc(Cn2ncccc2=O)s1. The molecule has 0 amide bonds. The number of thiazole rings is 1. The van der Waals surface area contributed by atoms with E-state index < -0.39 is 0 Å². The van der Waals surface area contributed by atoms with Gasteiger partial charge in [0.1, 0.15) is 0 Å². The van der Waals surface area contributed by atoms with Crippen LogP contribution in [0.3, 0.4) is 0 Å². The number of rotatable bonds is 2. The fourth-order valence-corrected chi connectivity index (χ4v) is 1.91. The first-order valence-corrected chi connectivity index (χ1v) is 5.01. The van der Waals surface area contributed by atoms with Gasteiger partial charge < -0.3 is 0 Å². The van der Waals surface area contributed by atoms with E-state index in [1.165, 1.54) is 10.7 Å². The second kappa shape index (κ2) is 3.71. The van der Waals surface area contributed by atoms with Crippen LogP contribution < -0.4 is 5.56 Å². The lowest BCUT2D eigenvalue weighted by Gasteiger charge is -1.99. The molecule has 2 heterocycles. The summed E-state index contributed by atoms with van der Waals surface area (Å²) >= 11 is 1.58. The summed E-state index contributed by atoms with van der Waals surface area (Å²) in [6.45, 7) is 2.44. The monoisotopic (exact) mass is 207 g/mol. The molecule has 0 radical (unpaired) electrons. The number of hydrogen-bond donors (Lipinski definition) is 0. The van der Waals surface area contributed by atoms with E-state index in [0.717, 1.165) is 9.88 Å². The lowest BCUT2D eigenvalue weighted by molar-refractivity contribution is 0.644. The Bertz CT molecular complexity index is 489. The summed E-state index contributed by atoms with van der Waals surface area (Å²) in [4.78, 5) is 16.5. The molecule has 72 valence electrons. The van der Waals surface area contributed by atoms with Gasteiger partial charge in [0.2, 0.25) is 0 Å². The van der Waals surface area contributed by atoms with Crippen LogP contribution in [0.5, 0.6) is 0 Å². The van der Waals surface area contributed by atoms with Crippen LogP contribution in [0.15, 0.2) is 29.3 Å². The van der Waals surface area contributed by atoms with Gasteiger partial charge in [0, 0.05) is 23.3 Å². The van der Waals surface area contributed by atoms with E-state index >= 15 is 0 Å². The molecule has 2 rings (SSSR count). The lowest BCUT2D eigenvalue weighted by atomic mass is 10.5. The highest BCUT2D eigenvalue weighted by Crippen LogP contribution is 2.11. The highest BCUT2D eigenvalue weighted by Gasteiger charge is 2.00. The Morgan fingerprint density at radius 1 is 1.57 bits per heavy atom. The molecule has 0 bridgehead atoms. The summed E-state index contributed by atoms with van der Waals surface area (Å²) in [5.74, 6) is 0. The minimum Gasteiger partial charge on any atom is -0.268 e. The molecule has 5 heteroatoms. The maximum absolute atomic E-state index is 11.3. The quantitative estimate of drug-likeness (QED) is 0.739. The van der Waals surface area contributed by atoms with Gasteiger partial charge in [-0.3, -0.25) is 4.79 Å². The average molecular weight is 207 g/mol. The normalized spacial score (nSPS) is 10.4. The molecule has 0 fully saturated rings. The molecule has 0 aliphatic carbocycles. The molecular weight excluding hydrogens is 198 g/mol. The summed E-state index contributed by atoms with van der Waals surface area (Å²) in [6, 6.07) is 3.14. The summed E-state index contributed by atoms with van der Waals surface area (Å²) in [5.41, 5.74) is -0.0847. The first-order valence-electron chi connectivity index (χ1n) is 4.19. The molecule has 2 aromatic rings. The van der Waals surface area contributed by atoms with Gasteiger partial charge in [0.25, 0.3) is 5.56 Å². The van der Waals surface area contributed by atoms with Crippen LogP contribution in [0.4, 0.5) is 0 Å². The number of hydrogen-bond acceptors (Lipinski definition) is 4. The maximum Gasteiger partial charge on any atom is 0.267 e. The third kappa shape index (κ3) is 1.88. The van der Waals surface area contributed by atoms with Crippen LogP contribution in [0.1, 0.15) is 9.88 Å². The van der Waals surface area contributed by atoms with Crippen LogP contribution in [-0.4, -0.2) is 14.8 Å². The molecule has 0 N–H and O–H groups in total. The van der Waals surface area contributed by atoms with Crippen molar-refractivity contribution in [1.82, 2.24) is 14.8 Å². The molecular formula is C9H9N3OS. The van der Waals surface area contributed by atoms with E-state index in [1.54, 1.807) is 29.8 Å². The molecule has 0 unspecified atom stereocenters. The Labute approximate surface area is 84.9 Å².